The zero-order valence-corrected chi connectivity index (χ0v) is 13.5. The second-order valence-corrected chi connectivity index (χ2v) is 7.55. The Balaban J connectivity index is 2.74. The van der Waals surface area contributed by atoms with Crippen molar-refractivity contribution < 1.29 is 0 Å². The first-order chi connectivity index (χ1) is 9.47. The number of hydrogen-bond donors (Lipinski definition) is 0. The van der Waals surface area contributed by atoms with E-state index in [0.717, 1.165) is 30.6 Å². The molecular formula is C16H14N2S2. The van der Waals surface area contributed by atoms with Crippen molar-refractivity contribution in [3.8, 4) is 12.1 Å². The molecular weight excluding hydrogens is 284 g/mol. The van der Waals surface area contributed by atoms with E-state index in [0.29, 0.717) is 11.1 Å². The van der Waals surface area contributed by atoms with Crippen LogP contribution in [0.2, 0.25) is 0 Å². The van der Waals surface area contributed by atoms with Crippen LogP contribution in [0, 0.1) is 50.4 Å². The van der Waals surface area contributed by atoms with E-state index in [1.54, 1.807) is 22.7 Å². The lowest BCUT2D eigenvalue weighted by Gasteiger charge is -2.03. The Bertz CT molecular complexity index is 710. The normalized spacial score (nSPS) is 11.7. The third kappa shape index (κ3) is 2.54. The first-order valence-electron chi connectivity index (χ1n) is 6.17. The third-order valence-corrected chi connectivity index (χ3v) is 5.03. The molecule has 0 saturated carbocycles. The molecule has 2 nitrogen and oxygen atoms in total. The Morgan fingerprint density at radius 3 is 1.35 bits per heavy atom. The molecule has 0 aromatic carbocycles. The van der Waals surface area contributed by atoms with Crippen molar-refractivity contribution in [2.24, 2.45) is 0 Å². The first kappa shape index (κ1) is 14.5. The first-order valence-corrected chi connectivity index (χ1v) is 7.80. The van der Waals surface area contributed by atoms with Gasteiger partial charge < -0.3 is 0 Å². The zero-order chi connectivity index (χ0) is 14.9. The molecule has 0 N–H and O–H groups in total. The summed E-state index contributed by atoms with van der Waals surface area (Å²) >= 11 is 3.31. The predicted molar refractivity (Wildman–Crippen MR) is 85.6 cm³/mol. The smallest absolute Gasteiger partial charge is 0.101 e. The van der Waals surface area contributed by atoms with Crippen LogP contribution >= 0.6 is 22.7 Å². The molecule has 4 heteroatoms. The van der Waals surface area contributed by atoms with Crippen LogP contribution in [0.25, 0.3) is 11.1 Å². The Kier molecular flexibility index (Phi) is 4.09. The molecule has 0 fully saturated rings. The SMILES string of the molecule is Cc1cc(/C(C#N)=C(/C#N)c2cc(C)sc2C)c(C)s1. The highest BCUT2D eigenvalue weighted by Gasteiger charge is 2.17. The van der Waals surface area contributed by atoms with Gasteiger partial charge in [0.15, 0.2) is 0 Å². The highest BCUT2D eigenvalue weighted by Crippen LogP contribution is 2.35. The van der Waals surface area contributed by atoms with Gasteiger partial charge in [-0.25, -0.2) is 0 Å². The van der Waals surface area contributed by atoms with Crippen LogP contribution in [-0.4, -0.2) is 0 Å². The molecule has 0 spiro atoms. The van der Waals surface area contributed by atoms with Crippen molar-refractivity contribution in [1.82, 2.24) is 0 Å². The lowest BCUT2D eigenvalue weighted by Crippen LogP contribution is -1.89. The van der Waals surface area contributed by atoms with Crippen molar-refractivity contribution in [1.29, 1.82) is 10.5 Å². The standard InChI is InChI=1S/C16H14N2S2/c1-9-5-13(11(3)19-9)15(7-17)16(8-18)14-6-10(2)20-12(14)4/h5-6H,1-4H3/b16-15-. The quantitative estimate of drug-likeness (QED) is 0.732. The fraction of sp³-hybridized carbons (Fsp3) is 0.250. The summed E-state index contributed by atoms with van der Waals surface area (Å²) < 4.78 is 0. The van der Waals surface area contributed by atoms with Gasteiger partial charge in [-0.1, -0.05) is 0 Å². The lowest BCUT2D eigenvalue weighted by molar-refractivity contribution is 1.47. The van der Waals surface area contributed by atoms with Crippen LogP contribution < -0.4 is 0 Å². The molecule has 2 aromatic rings. The van der Waals surface area contributed by atoms with Crippen molar-refractivity contribution in [2.75, 3.05) is 0 Å². The summed E-state index contributed by atoms with van der Waals surface area (Å²) in [7, 11) is 0. The Morgan fingerprint density at radius 2 is 1.15 bits per heavy atom. The van der Waals surface area contributed by atoms with Crippen LogP contribution in [0.5, 0.6) is 0 Å². The molecule has 0 bridgehead atoms. The molecule has 0 amide bonds. The van der Waals surface area contributed by atoms with Gasteiger partial charge in [0.1, 0.15) is 12.1 Å². The molecule has 0 radical (unpaired) electrons. The van der Waals surface area contributed by atoms with E-state index in [1.165, 1.54) is 0 Å². The van der Waals surface area contributed by atoms with E-state index in [9.17, 15) is 10.5 Å². The summed E-state index contributed by atoms with van der Waals surface area (Å²) in [4.78, 5) is 4.47. The van der Waals surface area contributed by atoms with Gasteiger partial charge in [0.05, 0.1) is 11.1 Å². The van der Waals surface area contributed by atoms with E-state index in [2.05, 4.69) is 12.1 Å². The Hall–Kier alpha value is -1.88. The average molecular weight is 298 g/mol. The van der Waals surface area contributed by atoms with Gasteiger partial charge in [0.2, 0.25) is 0 Å². The summed E-state index contributed by atoms with van der Waals surface area (Å²) in [5, 5.41) is 19.0. The molecule has 20 heavy (non-hydrogen) atoms. The van der Waals surface area contributed by atoms with E-state index in [1.807, 2.05) is 39.8 Å². The van der Waals surface area contributed by atoms with Gasteiger partial charge in [-0.15, -0.1) is 22.7 Å². The van der Waals surface area contributed by atoms with E-state index in [4.69, 9.17) is 0 Å². The minimum atomic E-state index is 0.482. The molecule has 2 rings (SSSR count). The predicted octanol–water partition coefficient (Wildman–Crippen LogP) is 5.00. The van der Waals surface area contributed by atoms with Crippen molar-refractivity contribution >= 4 is 33.8 Å². The summed E-state index contributed by atoms with van der Waals surface area (Å²) in [5.41, 5.74) is 2.73. The zero-order valence-electron chi connectivity index (χ0n) is 11.9. The van der Waals surface area contributed by atoms with Crippen LogP contribution in [-0.2, 0) is 0 Å². The fourth-order valence-corrected chi connectivity index (χ4v) is 4.12. The molecule has 0 saturated heterocycles. The third-order valence-electron chi connectivity index (χ3n) is 3.09. The fourth-order valence-electron chi connectivity index (χ4n) is 2.26. The number of allylic oxidation sites excluding steroid dienone is 2. The molecule has 0 aliphatic heterocycles. The van der Waals surface area contributed by atoms with Gasteiger partial charge in [0, 0.05) is 30.6 Å². The van der Waals surface area contributed by atoms with Crippen LogP contribution in [0.15, 0.2) is 12.1 Å². The number of thiophene rings is 2. The Morgan fingerprint density at radius 1 is 0.800 bits per heavy atom. The van der Waals surface area contributed by atoms with Crippen molar-refractivity contribution in [3.05, 3.63) is 42.8 Å². The highest BCUT2D eigenvalue weighted by molar-refractivity contribution is 7.12. The van der Waals surface area contributed by atoms with Crippen LogP contribution in [0.3, 0.4) is 0 Å². The summed E-state index contributed by atoms with van der Waals surface area (Å²) in [6, 6.07) is 8.43. The Labute approximate surface area is 127 Å². The largest absolute Gasteiger partial charge is 0.192 e. The molecule has 2 aromatic heterocycles. The second kappa shape index (κ2) is 5.63. The van der Waals surface area contributed by atoms with E-state index >= 15 is 0 Å². The minimum absolute atomic E-state index is 0.482. The van der Waals surface area contributed by atoms with Crippen molar-refractivity contribution in [3.63, 3.8) is 0 Å². The molecule has 100 valence electrons. The van der Waals surface area contributed by atoms with Crippen LogP contribution in [0.1, 0.15) is 30.6 Å². The van der Waals surface area contributed by atoms with Gasteiger partial charge in [-0.05, 0) is 39.8 Å². The number of aryl methyl sites for hydroxylation is 4. The number of rotatable bonds is 2. The van der Waals surface area contributed by atoms with Gasteiger partial charge in [0.25, 0.3) is 0 Å². The average Bonchev–Trinajstić information content (AvgIpc) is 2.88. The highest BCUT2D eigenvalue weighted by atomic mass is 32.1. The molecule has 2 heterocycles. The molecule has 0 aliphatic carbocycles. The second-order valence-electron chi connectivity index (χ2n) is 4.63. The molecule has 0 aliphatic rings. The van der Waals surface area contributed by atoms with Gasteiger partial charge in [-0.3, -0.25) is 0 Å². The van der Waals surface area contributed by atoms with Crippen LogP contribution in [0.4, 0.5) is 0 Å². The maximum atomic E-state index is 9.52. The maximum absolute atomic E-state index is 9.52. The summed E-state index contributed by atoms with van der Waals surface area (Å²) in [6.07, 6.45) is 0. The number of nitrogens with zero attached hydrogens (tertiary/aromatic N) is 2. The van der Waals surface area contributed by atoms with E-state index in [-0.39, 0.29) is 0 Å². The van der Waals surface area contributed by atoms with Crippen molar-refractivity contribution in [2.45, 2.75) is 27.7 Å². The maximum Gasteiger partial charge on any atom is 0.101 e. The number of hydrogen-bond acceptors (Lipinski definition) is 4. The van der Waals surface area contributed by atoms with Gasteiger partial charge in [-0.2, -0.15) is 10.5 Å². The molecule has 0 unspecified atom stereocenters. The molecule has 0 atom stereocenters. The minimum Gasteiger partial charge on any atom is -0.192 e. The van der Waals surface area contributed by atoms with E-state index < -0.39 is 0 Å². The topological polar surface area (TPSA) is 47.6 Å². The number of nitriles is 2. The summed E-state index contributed by atoms with van der Waals surface area (Å²) in [6.45, 7) is 8.01. The summed E-state index contributed by atoms with van der Waals surface area (Å²) in [5.74, 6) is 0. The monoisotopic (exact) mass is 298 g/mol. The van der Waals surface area contributed by atoms with Gasteiger partial charge >= 0.3 is 0 Å². The lowest BCUT2D eigenvalue weighted by atomic mass is 9.97.